The largest absolute Gasteiger partial charge is 1.00 e. The minimum absolute atomic E-state index is 0. The monoisotopic (exact) mass is 388 g/mol. The zero-order valence-electron chi connectivity index (χ0n) is 11.5. The molecule has 0 rings (SSSR count). The van der Waals surface area contributed by atoms with Gasteiger partial charge < -0.3 is 53.0 Å². The van der Waals surface area contributed by atoms with E-state index >= 15 is 0 Å². The number of rotatable bonds is 5. The molecule has 22 heavy (non-hydrogen) atoms. The predicted molar refractivity (Wildman–Crippen MR) is 52.7 cm³/mol. The van der Waals surface area contributed by atoms with Gasteiger partial charge in [-0.25, -0.2) is 4.79 Å². The van der Waals surface area contributed by atoms with E-state index in [9.17, 15) is 14.4 Å². The molecule has 0 aliphatic rings. The second-order valence-electron chi connectivity index (χ2n) is 2.97. The molecule has 0 saturated carbocycles. The van der Waals surface area contributed by atoms with Crippen molar-refractivity contribution < 1.29 is 131 Å². The molecular formula is C6H12ClNa2O12P. The third-order valence-electron chi connectivity index (χ3n) is 1.29. The van der Waals surface area contributed by atoms with Gasteiger partial charge in [0.15, 0.2) is 5.60 Å². The first-order valence-corrected chi connectivity index (χ1v) is 5.47. The minimum Gasteiger partial charge on any atom is -1.00 e. The Bertz CT molecular complexity index is 360. The van der Waals surface area contributed by atoms with Gasteiger partial charge in [-0.2, -0.15) is 0 Å². The smallest absolute Gasteiger partial charge is 1.00 e. The predicted octanol–water partition coefficient (Wildman–Crippen LogP) is -12.6. The molecule has 0 spiro atoms. The molecule has 122 valence electrons. The van der Waals surface area contributed by atoms with Gasteiger partial charge in [0.2, 0.25) is 0 Å². The van der Waals surface area contributed by atoms with E-state index in [1.807, 2.05) is 0 Å². The molecule has 0 radical (unpaired) electrons. The van der Waals surface area contributed by atoms with Crippen LogP contribution < -0.4 is 76.4 Å². The average molecular weight is 389 g/mol. The molecule has 0 unspecified atom stereocenters. The molecule has 0 amide bonds. The number of carboxylic acids is 3. The van der Waals surface area contributed by atoms with Crippen LogP contribution in [0.3, 0.4) is 0 Å². The normalized spacial score (nSPS) is 9.09. The first-order chi connectivity index (χ1) is 7.78. The summed E-state index contributed by atoms with van der Waals surface area (Å²) in [5.41, 5.74) is -2.74. The number of aliphatic hydroxyl groups is 1. The van der Waals surface area contributed by atoms with Gasteiger partial charge in [0.1, 0.15) is 0 Å². The molecule has 0 aliphatic heterocycles. The summed E-state index contributed by atoms with van der Waals surface area (Å²) in [6, 6.07) is 0. The van der Waals surface area contributed by atoms with E-state index < -0.39 is 44.2 Å². The van der Waals surface area contributed by atoms with Gasteiger partial charge >= 0.3 is 77.0 Å². The van der Waals surface area contributed by atoms with E-state index in [2.05, 4.69) is 0 Å². The molecule has 0 saturated heterocycles. The summed E-state index contributed by atoms with van der Waals surface area (Å²) in [6.07, 6.45) is -2.29. The first-order valence-electron chi connectivity index (χ1n) is 3.94. The SMILES string of the molecule is O.O=C(O)CC(O)(CC(=O)O)C(=O)O.O=P([O-])(O)O.[Cl-].[Na+].[Na+]. The molecule has 0 aromatic carbocycles. The Labute approximate surface area is 174 Å². The molecule has 0 fully saturated rings. The van der Waals surface area contributed by atoms with Crippen LogP contribution in [0, 0.1) is 0 Å². The van der Waals surface area contributed by atoms with E-state index in [0.717, 1.165) is 0 Å². The topological polar surface area (TPSA) is 244 Å². The van der Waals surface area contributed by atoms with Crippen molar-refractivity contribution >= 4 is 25.7 Å². The van der Waals surface area contributed by atoms with Crippen LogP contribution in [0.4, 0.5) is 0 Å². The molecule has 0 aliphatic carbocycles. The second kappa shape index (κ2) is 16.6. The van der Waals surface area contributed by atoms with Crippen LogP contribution in [0.5, 0.6) is 0 Å². The van der Waals surface area contributed by atoms with Crippen molar-refractivity contribution in [3.63, 3.8) is 0 Å². The molecule has 0 heterocycles. The van der Waals surface area contributed by atoms with Gasteiger partial charge in [-0.15, -0.1) is 0 Å². The van der Waals surface area contributed by atoms with Crippen molar-refractivity contribution in [1.29, 1.82) is 0 Å². The van der Waals surface area contributed by atoms with Crippen LogP contribution >= 0.6 is 7.82 Å². The van der Waals surface area contributed by atoms with Crippen molar-refractivity contribution in [1.82, 2.24) is 0 Å². The molecular weight excluding hydrogens is 376 g/mol. The maximum absolute atomic E-state index is 10.3. The van der Waals surface area contributed by atoms with Crippen LogP contribution in [0.25, 0.3) is 0 Å². The van der Waals surface area contributed by atoms with Crippen molar-refractivity contribution in [2.75, 3.05) is 0 Å². The summed E-state index contributed by atoms with van der Waals surface area (Å²) in [4.78, 5) is 53.4. The van der Waals surface area contributed by atoms with Gasteiger partial charge in [-0.3, -0.25) is 14.2 Å². The van der Waals surface area contributed by atoms with E-state index in [-0.39, 0.29) is 77.0 Å². The summed E-state index contributed by atoms with van der Waals surface area (Å²) in [5, 5.41) is 33.8. The molecule has 0 aromatic heterocycles. The maximum Gasteiger partial charge on any atom is 1.00 e. The fourth-order valence-corrected chi connectivity index (χ4v) is 0.714. The summed E-state index contributed by atoms with van der Waals surface area (Å²) in [6.45, 7) is 0. The quantitative estimate of drug-likeness (QED) is 0.190. The third-order valence-corrected chi connectivity index (χ3v) is 1.29. The third kappa shape index (κ3) is 28.8. The van der Waals surface area contributed by atoms with E-state index in [4.69, 9.17) is 39.7 Å². The van der Waals surface area contributed by atoms with Crippen LogP contribution in [-0.4, -0.2) is 59.2 Å². The fraction of sp³-hybridized carbons (Fsp3) is 0.500. The van der Waals surface area contributed by atoms with Gasteiger partial charge in [-0.1, -0.05) is 0 Å². The number of hydrogen-bond donors (Lipinski definition) is 6. The van der Waals surface area contributed by atoms with Crippen molar-refractivity contribution in [3.8, 4) is 0 Å². The summed E-state index contributed by atoms with van der Waals surface area (Å²) < 4.78 is 8.77. The number of hydrogen-bond acceptors (Lipinski definition) is 6. The number of halogens is 1. The Hall–Kier alpha value is 0.730. The Morgan fingerprint density at radius 3 is 1.23 bits per heavy atom. The van der Waals surface area contributed by atoms with Crippen molar-refractivity contribution in [2.24, 2.45) is 0 Å². The Morgan fingerprint density at radius 2 is 1.14 bits per heavy atom. The van der Waals surface area contributed by atoms with Gasteiger partial charge in [0.25, 0.3) is 7.82 Å². The van der Waals surface area contributed by atoms with E-state index in [1.165, 1.54) is 0 Å². The minimum atomic E-state index is -4.89. The molecule has 8 N–H and O–H groups in total. The molecule has 0 atom stereocenters. The van der Waals surface area contributed by atoms with E-state index in [1.54, 1.807) is 0 Å². The zero-order chi connectivity index (χ0) is 15.1. The van der Waals surface area contributed by atoms with Crippen LogP contribution in [0.2, 0.25) is 0 Å². The number of phosphoric acid groups is 1. The molecule has 0 aromatic rings. The first kappa shape index (κ1) is 38.3. The van der Waals surface area contributed by atoms with Gasteiger partial charge in [0, 0.05) is 0 Å². The molecule has 16 heteroatoms. The van der Waals surface area contributed by atoms with Crippen LogP contribution in [0.15, 0.2) is 0 Å². The van der Waals surface area contributed by atoms with Crippen molar-refractivity contribution in [2.45, 2.75) is 18.4 Å². The number of carbonyl (C=O) groups is 3. The number of aliphatic carboxylic acids is 3. The Morgan fingerprint density at radius 1 is 0.955 bits per heavy atom. The maximum atomic E-state index is 10.3. The summed E-state index contributed by atoms with van der Waals surface area (Å²) in [7, 11) is -4.89. The van der Waals surface area contributed by atoms with Crippen LogP contribution in [-0.2, 0) is 18.9 Å². The van der Waals surface area contributed by atoms with Gasteiger partial charge in [-0.05, 0) is 0 Å². The summed E-state index contributed by atoms with van der Waals surface area (Å²) in [5.74, 6) is -5.02. The van der Waals surface area contributed by atoms with Crippen LogP contribution in [0.1, 0.15) is 12.8 Å². The van der Waals surface area contributed by atoms with Gasteiger partial charge in [0.05, 0.1) is 12.8 Å². The molecule has 12 nitrogen and oxygen atoms in total. The second-order valence-corrected chi connectivity index (χ2v) is 3.95. The zero-order valence-corrected chi connectivity index (χ0v) is 17.1. The standard InChI is InChI=1S/C6H8O7.ClH.2Na.H3O4P.H2O/c7-3(8)1-6(13,5(11)12)2-4(9)10;;;;1-5(2,3)4;/h13H,1-2H2,(H,7,8)(H,9,10)(H,11,12);1H;;;(H3,1,2,3,4);1H2/q;;2*+1;;/p-2. The average Bonchev–Trinajstić information content (AvgIpc) is 1.95. The fourth-order valence-electron chi connectivity index (χ4n) is 0.714. The summed E-state index contributed by atoms with van der Waals surface area (Å²) >= 11 is 0. The van der Waals surface area contributed by atoms with Crippen molar-refractivity contribution in [3.05, 3.63) is 0 Å². The Balaban J connectivity index is -0.0000000627. The Kier molecular flexibility index (Phi) is 28.9. The molecule has 0 bridgehead atoms. The number of carboxylic acid groups (broad SMARTS) is 3. The van der Waals surface area contributed by atoms with E-state index in [0.29, 0.717) is 0 Å².